The molecular formula is C10H17F3N2S. The molecular weight excluding hydrogens is 237 g/mol. The first kappa shape index (κ1) is 12.5. The van der Waals surface area contributed by atoms with Crippen LogP contribution in [0.25, 0.3) is 0 Å². The molecule has 2 saturated heterocycles. The van der Waals surface area contributed by atoms with Crippen LogP contribution in [0, 0.1) is 0 Å². The highest BCUT2D eigenvalue weighted by molar-refractivity contribution is 7.99. The molecule has 2 rings (SSSR count). The van der Waals surface area contributed by atoms with Gasteiger partial charge >= 0.3 is 6.18 Å². The van der Waals surface area contributed by atoms with Crippen LogP contribution < -0.4 is 5.32 Å². The molecule has 0 aromatic carbocycles. The van der Waals surface area contributed by atoms with E-state index in [-0.39, 0.29) is 12.6 Å². The van der Waals surface area contributed by atoms with Crippen molar-refractivity contribution in [3.8, 4) is 0 Å². The van der Waals surface area contributed by atoms with Crippen molar-refractivity contribution in [3.63, 3.8) is 0 Å². The SMILES string of the molecule is FC(F)(F)C1CNCCN1C1CCSCC1. The summed E-state index contributed by atoms with van der Waals surface area (Å²) in [5.74, 6) is 2.00. The van der Waals surface area contributed by atoms with Crippen molar-refractivity contribution in [3.05, 3.63) is 0 Å². The Kier molecular flexibility index (Phi) is 4.02. The molecule has 0 bridgehead atoms. The molecule has 2 nitrogen and oxygen atoms in total. The van der Waals surface area contributed by atoms with E-state index in [0.29, 0.717) is 13.1 Å². The quantitative estimate of drug-likeness (QED) is 0.767. The molecule has 0 radical (unpaired) electrons. The van der Waals surface area contributed by atoms with Crippen LogP contribution in [0.15, 0.2) is 0 Å². The number of hydrogen-bond donors (Lipinski definition) is 1. The Hall–Kier alpha value is 0.0600. The van der Waals surface area contributed by atoms with Gasteiger partial charge in [0.2, 0.25) is 0 Å². The number of nitrogens with one attached hydrogen (secondary N) is 1. The summed E-state index contributed by atoms with van der Waals surface area (Å²) in [6.45, 7) is 1.25. The van der Waals surface area contributed by atoms with Crippen LogP contribution in [-0.2, 0) is 0 Å². The molecule has 6 heteroatoms. The molecule has 1 N–H and O–H groups in total. The third kappa shape index (κ3) is 2.84. The first-order chi connectivity index (χ1) is 7.59. The Morgan fingerprint density at radius 3 is 2.50 bits per heavy atom. The topological polar surface area (TPSA) is 15.3 Å². The molecule has 1 atom stereocenters. The highest BCUT2D eigenvalue weighted by atomic mass is 32.2. The zero-order valence-electron chi connectivity index (χ0n) is 9.09. The fourth-order valence-corrected chi connectivity index (χ4v) is 3.56. The second-order valence-electron chi connectivity index (χ2n) is 4.34. The fourth-order valence-electron chi connectivity index (χ4n) is 2.48. The van der Waals surface area contributed by atoms with Crippen LogP contribution in [0.3, 0.4) is 0 Å². The summed E-state index contributed by atoms with van der Waals surface area (Å²) >= 11 is 1.85. The van der Waals surface area contributed by atoms with Gasteiger partial charge in [0.15, 0.2) is 0 Å². The van der Waals surface area contributed by atoms with Crippen LogP contribution in [-0.4, -0.2) is 54.3 Å². The van der Waals surface area contributed by atoms with Gasteiger partial charge in [-0.15, -0.1) is 0 Å². The summed E-state index contributed by atoms with van der Waals surface area (Å²) < 4.78 is 38.6. The number of hydrogen-bond acceptors (Lipinski definition) is 3. The zero-order valence-corrected chi connectivity index (χ0v) is 9.91. The average Bonchev–Trinajstić information content (AvgIpc) is 2.29. The standard InChI is InChI=1S/C10H17F3N2S/c11-10(12,13)9-7-14-3-4-15(9)8-1-5-16-6-2-8/h8-9,14H,1-7H2. The second-order valence-corrected chi connectivity index (χ2v) is 5.57. The summed E-state index contributed by atoms with van der Waals surface area (Å²) in [5.41, 5.74) is 0. The van der Waals surface area contributed by atoms with Crippen LogP contribution in [0.1, 0.15) is 12.8 Å². The average molecular weight is 254 g/mol. The van der Waals surface area contributed by atoms with Crippen molar-refractivity contribution in [1.29, 1.82) is 0 Å². The minimum atomic E-state index is -4.10. The summed E-state index contributed by atoms with van der Waals surface area (Å²) in [4.78, 5) is 1.68. The Morgan fingerprint density at radius 2 is 1.88 bits per heavy atom. The van der Waals surface area contributed by atoms with Crippen molar-refractivity contribution in [2.45, 2.75) is 31.1 Å². The molecule has 0 aliphatic carbocycles. The molecule has 2 fully saturated rings. The minimum Gasteiger partial charge on any atom is -0.314 e. The van der Waals surface area contributed by atoms with E-state index in [1.54, 1.807) is 4.90 Å². The van der Waals surface area contributed by atoms with E-state index in [9.17, 15) is 13.2 Å². The number of alkyl halides is 3. The lowest BCUT2D eigenvalue weighted by atomic mass is 10.0. The lowest BCUT2D eigenvalue weighted by Crippen LogP contribution is -2.61. The van der Waals surface area contributed by atoms with Gasteiger partial charge in [-0.05, 0) is 24.3 Å². The van der Waals surface area contributed by atoms with Crippen molar-refractivity contribution in [1.82, 2.24) is 10.2 Å². The van der Waals surface area contributed by atoms with E-state index in [0.717, 1.165) is 24.3 Å². The van der Waals surface area contributed by atoms with E-state index in [2.05, 4.69) is 5.32 Å². The highest BCUT2D eigenvalue weighted by Gasteiger charge is 2.46. The Labute approximate surface area is 97.9 Å². The number of rotatable bonds is 1. The summed E-state index contributed by atoms with van der Waals surface area (Å²) in [7, 11) is 0. The summed E-state index contributed by atoms with van der Waals surface area (Å²) in [5, 5.41) is 2.84. The Morgan fingerprint density at radius 1 is 1.19 bits per heavy atom. The Balaban J connectivity index is 2.03. The van der Waals surface area contributed by atoms with Crippen LogP contribution in [0.4, 0.5) is 13.2 Å². The maximum Gasteiger partial charge on any atom is 0.405 e. The number of nitrogens with zero attached hydrogens (tertiary/aromatic N) is 1. The number of halogens is 3. The van der Waals surface area contributed by atoms with Gasteiger partial charge < -0.3 is 5.32 Å². The largest absolute Gasteiger partial charge is 0.405 e. The lowest BCUT2D eigenvalue weighted by molar-refractivity contribution is -0.193. The molecule has 94 valence electrons. The first-order valence-corrected chi connectivity index (χ1v) is 6.85. The molecule has 0 aromatic rings. The van der Waals surface area contributed by atoms with Crippen molar-refractivity contribution >= 4 is 11.8 Å². The molecule has 2 heterocycles. The highest BCUT2D eigenvalue weighted by Crippen LogP contribution is 2.31. The normalized spacial score (nSPS) is 30.6. The Bertz CT molecular complexity index is 229. The van der Waals surface area contributed by atoms with E-state index in [4.69, 9.17) is 0 Å². The molecule has 2 aliphatic rings. The van der Waals surface area contributed by atoms with Crippen molar-refractivity contribution < 1.29 is 13.2 Å². The van der Waals surface area contributed by atoms with Gasteiger partial charge in [-0.2, -0.15) is 24.9 Å². The fraction of sp³-hybridized carbons (Fsp3) is 1.00. The van der Waals surface area contributed by atoms with Crippen LogP contribution in [0.5, 0.6) is 0 Å². The van der Waals surface area contributed by atoms with Gasteiger partial charge in [-0.3, -0.25) is 4.90 Å². The minimum absolute atomic E-state index is 0.0488. The van der Waals surface area contributed by atoms with Crippen LogP contribution >= 0.6 is 11.8 Å². The first-order valence-electron chi connectivity index (χ1n) is 5.70. The molecule has 1 unspecified atom stereocenters. The van der Waals surface area contributed by atoms with Gasteiger partial charge in [0.25, 0.3) is 0 Å². The third-order valence-corrected chi connectivity index (χ3v) is 4.37. The maximum atomic E-state index is 12.9. The van der Waals surface area contributed by atoms with Gasteiger partial charge in [0.05, 0.1) is 0 Å². The molecule has 0 amide bonds. The summed E-state index contributed by atoms with van der Waals surface area (Å²) in [6, 6.07) is -1.15. The predicted molar refractivity (Wildman–Crippen MR) is 59.8 cm³/mol. The summed E-state index contributed by atoms with van der Waals surface area (Å²) in [6.07, 6.45) is -2.30. The number of piperazine rings is 1. The monoisotopic (exact) mass is 254 g/mol. The molecule has 2 aliphatic heterocycles. The zero-order chi connectivity index (χ0) is 11.6. The van der Waals surface area contributed by atoms with E-state index in [1.165, 1.54) is 0 Å². The van der Waals surface area contributed by atoms with E-state index in [1.807, 2.05) is 11.8 Å². The van der Waals surface area contributed by atoms with Crippen molar-refractivity contribution in [2.75, 3.05) is 31.1 Å². The van der Waals surface area contributed by atoms with E-state index >= 15 is 0 Å². The molecule has 16 heavy (non-hydrogen) atoms. The molecule has 0 spiro atoms. The van der Waals surface area contributed by atoms with Gasteiger partial charge in [0.1, 0.15) is 6.04 Å². The predicted octanol–water partition coefficient (Wildman–Crippen LogP) is 1.72. The van der Waals surface area contributed by atoms with Gasteiger partial charge in [-0.1, -0.05) is 0 Å². The third-order valence-electron chi connectivity index (χ3n) is 3.32. The van der Waals surface area contributed by atoms with Crippen LogP contribution in [0.2, 0.25) is 0 Å². The smallest absolute Gasteiger partial charge is 0.314 e. The molecule has 0 aromatic heterocycles. The maximum absolute atomic E-state index is 12.9. The number of thioether (sulfide) groups is 1. The van der Waals surface area contributed by atoms with Gasteiger partial charge in [0, 0.05) is 25.7 Å². The lowest BCUT2D eigenvalue weighted by Gasteiger charge is -2.43. The second kappa shape index (κ2) is 5.14. The van der Waals surface area contributed by atoms with Crippen molar-refractivity contribution in [2.24, 2.45) is 0 Å². The van der Waals surface area contributed by atoms with E-state index < -0.39 is 12.2 Å². The van der Waals surface area contributed by atoms with Gasteiger partial charge in [-0.25, -0.2) is 0 Å². The molecule has 0 saturated carbocycles.